The number of guanidine groups is 1. The van der Waals surface area contributed by atoms with Crippen LogP contribution in [0.3, 0.4) is 0 Å². The molecule has 2 aliphatic heterocycles. The third-order valence-corrected chi connectivity index (χ3v) is 5.66. The number of benzene rings is 1. The number of hydrogen-bond donors (Lipinski definition) is 1. The normalized spacial score (nSPS) is 22.1. The second-order valence-electron chi connectivity index (χ2n) is 7.31. The van der Waals surface area contributed by atoms with Gasteiger partial charge in [0.25, 0.3) is 0 Å². The van der Waals surface area contributed by atoms with Crippen molar-refractivity contribution in [2.75, 3.05) is 32.8 Å². The molecule has 1 atom stereocenters. The second kappa shape index (κ2) is 11.0. The topological polar surface area (TPSA) is 46.1 Å². The van der Waals surface area contributed by atoms with Crippen molar-refractivity contribution in [3.8, 4) is 0 Å². The van der Waals surface area contributed by atoms with Crippen LogP contribution >= 0.6 is 15.9 Å². The Morgan fingerprint density at radius 1 is 1.30 bits per heavy atom. The number of ether oxygens (including phenoxy) is 2. The molecule has 2 heterocycles. The van der Waals surface area contributed by atoms with Gasteiger partial charge >= 0.3 is 0 Å². The summed E-state index contributed by atoms with van der Waals surface area (Å²) >= 11 is 3.53. The van der Waals surface area contributed by atoms with Crippen LogP contribution in [-0.4, -0.2) is 55.9 Å². The van der Waals surface area contributed by atoms with Gasteiger partial charge in [0.1, 0.15) is 0 Å². The van der Waals surface area contributed by atoms with E-state index in [-0.39, 0.29) is 0 Å². The van der Waals surface area contributed by atoms with E-state index in [4.69, 9.17) is 14.5 Å². The maximum atomic E-state index is 6.14. The molecule has 0 amide bonds. The molecule has 150 valence electrons. The molecule has 0 spiro atoms. The molecule has 0 bridgehead atoms. The van der Waals surface area contributed by atoms with Gasteiger partial charge in [0.05, 0.1) is 25.4 Å². The van der Waals surface area contributed by atoms with E-state index in [0.717, 1.165) is 62.5 Å². The van der Waals surface area contributed by atoms with Crippen LogP contribution in [0.5, 0.6) is 0 Å². The molecule has 1 N–H and O–H groups in total. The highest BCUT2D eigenvalue weighted by Gasteiger charge is 2.23. The summed E-state index contributed by atoms with van der Waals surface area (Å²) in [5.41, 5.74) is 1.21. The highest BCUT2D eigenvalue weighted by Crippen LogP contribution is 2.18. The van der Waals surface area contributed by atoms with Gasteiger partial charge in [-0.25, -0.2) is 4.99 Å². The zero-order valence-corrected chi connectivity index (χ0v) is 17.9. The van der Waals surface area contributed by atoms with Crippen molar-refractivity contribution in [1.82, 2.24) is 10.2 Å². The molecule has 2 fully saturated rings. The number of rotatable bonds is 6. The minimum absolute atomic E-state index is 0.306. The molecule has 0 saturated carbocycles. The van der Waals surface area contributed by atoms with Crippen LogP contribution in [-0.2, 0) is 16.0 Å². The Labute approximate surface area is 171 Å². The van der Waals surface area contributed by atoms with Crippen molar-refractivity contribution in [3.05, 3.63) is 34.3 Å². The van der Waals surface area contributed by atoms with Crippen molar-refractivity contribution in [2.45, 2.75) is 57.8 Å². The monoisotopic (exact) mass is 437 g/mol. The van der Waals surface area contributed by atoms with Crippen LogP contribution in [0.4, 0.5) is 0 Å². The molecular weight excluding hydrogens is 406 g/mol. The van der Waals surface area contributed by atoms with Crippen LogP contribution in [0, 0.1) is 0 Å². The van der Waals surface area contributed by atoms with E-state index in [1.807, 2.05) is 6.07 Å². The van der Waals surface area contributed by atoms with Crippen molar-refractivity contribution in [2.24, 2.45) is 4.99 Å². The van der Waals surface area contributed by atoms with E-state index in [0.29, 0.717) is 18.8 Å². The van der Waals surface area contributed by atoms with Crippen LogP contribution < -0.4 is 5.32 Å². The molecule has 0 aliphatic carbocycles. The predicted octanol–water partition coefficient (Wildman–Crippen LogP) is 3.96. The third kappa shape index (κ3) is 6.77. The lowest BCUT2D eigenvalue weighted by Crippen LogP contribution is -2.47. The summed E-state index contributed by atoms with van der Waals surface area (Å²) in [7, 11) is 0. The van der Waals surface area contributed by atoms with Crippen LogP contribution in [0.2, 0.25) is 0 Å². The molecule has 2 saturated heterocycles. The summed E-state index contributed by atoms with van der Waals surface area (Å²) in [4.78, 5) is 7.20. The van der Waals surface area contributed by atoms with Gasteiger partial charge in [-0.1, -0.05) is 28.1 Å². The number of piperidine rings is 1. The van der Waals surface area contributed by atoms with E-state index in [2.05, 4.69) is 51.3 Å². The van der Waals surface area contributed by atoms with E-state index in [1.54, 1.807) is 0 Å². The zero-order chi connectivity index (χ0) is 18.9. The van der Waals surface area contributed by atoms with Gasteiger partial charge in [-0.2, -0.15) is 0 Å². The van der Waals surface area contributed by atoms with Crippen molar-refractivity contribution >= 4 is 21.9 Å². The molecule has 3 rings (SSSR count). The lowest BCUT2D eigenvalue weighted by molar-refractivity contribution is -0.0721. The summed E-state index contributed by atoms with van der Waals surface area (Å²) in [5.74, 6) is 1.01. The Bertz CT molecular complexity index is 597. The van der Waals surface area contributed by atoms with Gasteiger partial charge in [0.2, 0.25) is 0 Å². The minimum atomic E-state index is 0.306. The van der Waals surface area contributed by atoms with Gasteiger partial charge in [-0.3, -0.25) is 0 Å². The van der Waals surface area contributed by atoms with Gasteiger partial charge in [-0.15, -0.1) is 0 Å². The van der Waals surface area contributed by atoms with Gasteiger partial charge < -0.3 is 19.7 Å². The summed E-state index contributed by atoms with van der Waals surface area (Å²) < 4.78 is 13.0. The number of nitrogens with one attached hydrogen (secondary N) is 1. The summed E-state index contributed by atoms with van der Waals surface area (Å²) in [6, 6.07) is 8.34. The van der Waals surface area contributed by atoms with Crippen LogP contribution in [0.1, 0.15) is 44.6 Å². The number of aliphatic imine (C=N–C) groups is 1. The molecule has 1 unspecified atom stereocenters. The highest BCUT2D eigenvalue weighted by atomic mass is 79.9. The zero-order valence-electron chi connectivity index (χ0n) is 16.3. The fraction of sp³-hybridized carbons (Fsp3) is 0.667. The van der Waals surface area contributed by atoms with Crippen molar-refractivity contribution < 1.29 is 9.47 Å². The van der Waals surface area contributed by atoms with E-state index in [1.165, 1.54) is 18.4 Å². The number of hydrogen-bond acceptors (Lipinski definition) is 3. The lowest BCUT2D eigenvalue weighted by Gasteiger charge is -2.35. The van der Waals surface area contributed by atoms with Crippen molar-refractivity contribution in [1.29, 1.82) is 0 Å². The molecule has 2 aliphatic rings. The summed E-state index contributed by atoms with van der Waals surface area (Å²) in [5, 5.41) is 3.44. The largest absolute Gasteiger partial charge is 0.376 e. The SMILES string of the molecule is CCNC(=NCc1cccc(Br)c1)N1CCC(OCC2CCCCO2)CC1. The standard InChI is InChI=1S/C21H32BrN3O2/c1-2-23-21(24-15-17-6-5-7-18(22)14-17)25-11-9-19(10-12-25)27-16-20-8-3-4-13-26-20/h5-7,14,19-20H,2-4,8-13,15-16H2,1H3,(H,23,24). The van der Waals surface area contributed by atoms with E-state index in [9.17, 15) is 0 Å². The molecule has 0 aromatic heterocycles. The molecule has 5 nitrogen and oxygen atoms in total. The Hall–Kier alpha value is -1.11. The molecule has 6 heteroatoms. The Kier molecular flexibility index (Phi) is 8.42. The lowest BCUT2D eigenvalue weighted by atomic mass is 10.1. The number of nitrogens with zero attached hydrogens (tertiary/aromatic N) is 2. The minimum Gasteiger partial charge on any atom is -0.376 e. The maximum Gasteiger partial charge on any atom is 0.194 e. The first-order valence-corrected chi connectivity index (χ1v) is 11.0. The Morgan fingerprint density at radius 3 is 2.85 bits per heavy atom. The van der Waals surface area contributed by atoms with Gasteiger partial charge in [0.15, 0.2) is 5.96 Å². The van der Waals surface area contributed by atoms with Crippen LogP contribution in [0.25, 0.3) is 0 Å². The Morgan fingerprint density at radius 2 is 2.15 bits per heavy atom. The first-order valence-electron chi connectivity index (χ1n) is 10.3. The third-order valence-electron chi connectivity index (χ3n) is 5.17. The molecular formula is C21H32BrN3O2. The van der Waals surface area contributed by atoms with Crippen LogP contribution in [0.15, 0.2) is 33.7 Å². The van der Waals surface area contributed by atoms with Crippen molar-refractivity contribution in [3.63, 3.8) is 0 Å². The average Bonchev–Trinajstić information content (AvgIpc) is 2.71. The first-order chi connectivity index (χ1) is 13.2. The maximum absolute atomic E-state index is 6.14. The fourth-order valence-corrected chi connectivity index (χ4v) is 4.09. The second-order valence-corrected chi connectivity index (χ2v) is 8.22. The molecule has 1 aromatic carbocycles. The highest BCUT2D eigenvalue weighted by molar-refractivity contribution is 9.10. The molecule has 27 heavy (non-hydrogen) atoms. The average molecular weight is 438 g/mol. The Balaban J connectivity index is 1.46. The predicted molar refractivity (Wildman–Crippen MR) is 113 cm³/mol. The molecule has 0 radical (unpaired) electrons. The van der Waals surface area contributed by atoms with E-state index >= 15 is 0 Å². The summed E-state index contributed by atoms with van der Waals surface area (Å²) in [6.45, 7) is 7.31. The fourth-order valence-electron chi connectivity index (χ4n) is 3.64. The number of likely N-dealkylation sites (tertiary alicyclic amines) is 1. The summed E-state index contributed by atoms with van der Waals surface area (Å²) in [6.07, 6.45) is 6.36. The first kappa shape index (κ1) is 20.6. The smallest absolute Gasteiger partial charge is 0.194 e. The number of halogens is 1. The van der Waals surface area contributed by atoms with E-state index < -0.39 is 0 Å². The van der Waals surface area contributed by atoms with Gasteiger partial charge in [-0.05, 0) is 56.7 Å². The van der Waals surface area contributed by atoms with Gasteiger partial charge in [0, 0.05) is 30.7 Å². The quantitative estimate of drug-likeness (QED) is 0.540. The molecule has 1 aromatic rings.